The molecule has 3 rings (SSSR count). The summed E-state index contributed by atoms with van der Waals surface area (Å²) < 4.78 is 14.5. The predicted octanol–water partition coefficient (Wildman–Crippen LogP) is 4.38. The molecule has 0 atom stereocenters. The second-order valence-corrected chi connectivity index (χ2v) is 7.59. The molecule has 1 aromatic heterocycles. The number of methoxy groups -OCH3 is 2. The molecule has 0 aliphatic heterocycles. The van der Waals surface area contributed by atoms with Crippen molar-refractivity contribution in [1.29, 1.82) is 0 Å². The largest absolute Gasteiger partial charge is 0.493 e. The average molecular weight is 402 g/mol. The average Bonchev–Trinajstić information content (AvgIpc) is 2.71. The van der Waals surface area contributed by atoms with Crippen molar-refractivity contribution < 1.29 is 9.47 Å². The van der Waals surface area contributed by atoms with Crippen molar-refractivity contribution in [3.8, 4) is 11.5 Å². The monoisotopic (exact) mass is 401 g/mol. The molecule has 0 bridgehead atoms. The van der Waals surface area contributed by atoms with E-state index in [0.29, 0.717) is 28.5 Å². The Morgan fingerprint density at radius 3 is 2.54 bits per heavy atom. The quantitative estimate of drug-likeness (QED) is 0.673. The van der Waals surface area contributed by atoms with Gasteiger partial charge in [0, 0.05) is 6.04 Å². The minimum atomic E-state index is -0.134. The van der Waals surface area contributed by atoms with Crippen molar-refractivity contribution in [2.75, 3.05) is 14.2 Å². The Bertz CT molecular complexity index is 1000. The fourth-order valence-corrected chi connectivity index (χ4v) is 3.82. The van der Waals surface area contributed by atoms with Crippen molar-refractivity contribution in [1.82, 2.24) is 14.3 Å². The van der Waals surface area contributed by atoms with Crippen LogP contribution in [0.3, 0.4) is 0 Å². The summed E-state index contributed by atoms with van der Waals surface area (Å²) in [6.45, 7) is 4.40. The molecule has 0 unspecified atom stereocenters. The summed E-state index contributed by atoms with van der Waals surface area (Å²) in [4.78, 5) is 13.3. The number of allylic oxidation sites excluding steroid dienone is 2. The van der Waals surface area contributed by atoms with Crippen molar-refractivity contribution in [3.63, 3.8) is 0 Å². The molecule has 28 heavy (non-hydrogen) atoms. The number of aromatic nitrogens is 3. The van der Waals surface area contributed by atoms with Gasteiger partial charge in [0.15, 0.2) is 22.0 Å². The number of rotatable bonds is 6. The predicted molar refractivity (Wildman–Crippen MR) is 113 cm³/mol. The SMILES string of the molecule is COc1ccc(Cn2c(=O)c(C3=CCCCC3)nn(C(C)C)c2=S)cc1OC. The van der Waals surface area contributed by atoms with Gasteiger partial charge in [0.05, 0.1) is 20.8 Å². The molecule has 0 fully saturated rings. The highest BCUT2D eigenvalue weighted by atomic mass is 32.1. The first kappa shape index (κ1) is 20.3. The zero-order valence-electron chi connectivity index (χ0n) is 16.9. The molecule has 150 valence electrons. The summed E-state index contributed by atoms with van der Waals surface area (Å²) in [6.07, 6.45) is 6.26. The maximum absolute atomic E-state index is 13.3. The molecule has 1 aliphatic carbocycles. The number of nitrogens with zero attached hydrogens (tertiary/aromatic N) is 3. The Balaban J connectivity index is 2.12. The summed E-state index contributed by atoms with van der Waals surface area (Å²) in [6, 6.07) is 5.69. The highest BCUT2D eigenvalue weighted by molar-refractivity contribution is 7.71. The fraction of sp³-hybridized carbons (Fsp3) is 0.476. The molecule has 1 aromatic carbocycles. The van der Waals surface area contributed by atoms with Crippen LogP contribution in [0, 0.1) is 4.77 Å². The van der Waals surface area contributed by atoms with Gasteiger partial charge in [-0.2, -0.15) is 5.10 Å². The number of ether oxygens (including phenoxy) is 2. The van der Waals surface area contributed by atoms with Crippen LogP contribution in [-0.2, 0) is 6.54 Å². The zero-order valence-corrected chi connectivity index (χ0v) is 17.7. The fourth-order valence-electron chi connectivity index (χ4n) is 3.42. The first-order chi connectivity index (χ1) is 13.5. The third kappa shape index (κ3) is 4.04. The molecule has 0 N–H and O–H groups in total. The number of benzene rings is 1. The lowest BCUT2D eigenvalue weighted by molar-refractivity contribution is 0.354. The van der Waals surface area contributed by atoms with E-state index in [1.807, 2.05) is 32.0 Å². The maximum Gasteiger partial charge on any atom is 0.281 e. The minimum absolute atomic E-state index is 0.0627. The standard InChI is InChI=1S/C21H27N3O3S/c1-14(2)24-21(28)23(13-15-10-11-17(26-3)18(12-15)27-4)20(25)19(22-24)16-8-6-5-7-9-16/h8,10-12,14H,5-7,9,13H2,1-4H3. The Hall–Kier alpha value is -2.41. The summed E-state index contributed by atoms with van der Waals surface area (Å²) in [5.41, 5.74) is 2.32. The summed E-state index contributed by atoms with van der Waals surface area (Å²) in [5, 5.41) is 4.62. The van der Waals surface area contributed by atoms with Gasteiger partial charge in [-0.1, -0.05) is 12.1 Å². The third-order valence-corrected chi connectivity index (χ3v) is 5.36. The minimum Gasteiger partial charge on any atom is -0.493 e. The molecule has 0 spiro atoms. The van der Waals surface area contributed by atoms with Gasteiger partial charge >= 0.3 is 0 Å². The topological polar surface area (TPSA) is 58.3 Å². The van der Waals surface area contributed by atoms with Crippen LogP contribution in [0.15, 0.2) is 29.1 Å². The highest BCUT2D eigenvalue weighted by Gasteiger charge is 2.18. The molecule has 6 nitrogen and oxygen atoms in total. The first-order valence-electron chi connectivity index (χ1n) is 9.60. The van der Waals surface area contributed by atoms with Crippen LogP contribution in [0.1, 0.15) is 56.8 Å². The summed E-state index contributed by atoms with van der Waals surface area (Å²) >= 11 is 5.61. The van der Waals surface area contributed by atoms with E-state index in [1.165, 1.54) is 0 Å². The molecule has 1 aliphatic rings. The Kier molecular flexibility index (Phi) is 6.34. The van der Waals surface area contributed by atoms with Crippen LogP contribution in [0.4, 0.5) is 0 Å². The van der Waals surface area contributed by atoms with Gasteiger partial charge in [-0.05, 0) is 75.0 Å². The van der Waals surface area contributed by atoms with Crippen LogP contribution in [0.5, 0.6) is 11.5 Å². The van der Waals surface area contributed by atoms with Gasteiger partial charge in [0.1, 0.15) is 0 Å². The summed E-state index contributed by atoms with van der Waals surface area (Å²) in [5.74, 6) is 1.28. The Morgan fingerprint density at radius 2 is 1.93 bits per heavy atom. The van der Waals surface area contributed by atoms with Crippen LogP contribution in [-0.4, -0.2) is 28.6 Å². The lowest BCUT2D eigenvalue weighted by atomic mass is 9.97. The van der Waals surface area contributed by atoms with Crippen molar-refractivity contribution in [2.45, 2.75) is 52.1 Å². The lowest BCUT2D eigenvalue weighted by Gasteiger charge is -2.19. The normalized spacial score (nSPS) is 14.1. The molecule has 0 radical (unpaired) electrons. The molecule has 1 heterocycles. The molecular weight excluding hydrogens is 374 g/mol. The Morgan fingerprint density at radius 1 is 1.18 bits per heavy atom. The second-order valence-electron chi connectivity index (χ2n) is 7.23. The summed E-state index contributed by atoms with van der Waals surface area (Å²) in [7, 11) is 3.20. The molecule has 2 aromatic rings. The molecule has 7 heteroatoms. The van der Waals surface area contributed by atoms with Crippen LogP contribution in [0.2, 0.25) is 0 Å². The van der Waals surface area contributed by atoms with Gasteiger partial charge in [0.2, 0.25) is 0 Å². The van der Waals surface area contributed by atoms with Crippen LogP contribution < -0.4 is 15.0 Å². The number of hydrogen-bond donors (Lipinski definition) is 0. The van der Waals surface area contributed by atoms with Gasteiger partial charge < -0.3 is 9.47 Å². The van der Waals surface area contributed by atoms with E-state index in [0.717, 1.165) is 36.8 Å². The molecule has 0 amide bonds. The highest BCUT2D eigenvalue weighted by Crippen LogP contribution is 2.28. The van der Waals surface area contributed by atoms with Crippen molar-refractivity contribution in [2.24, 2.45) is 0 Å². The van der Waals surface area contributed by atoms with E-state index in [4.69, 9.17) is 21.7 Å². The van der Waals surface area contributed by atoms with E-state index in [9.17, 15) is 4.79 Å². The van der Waals surface area contributed by atoms with Gasteiger partial charge in [-0.3, -0.25) is 9.36 Å². The number of hydrogen-bond acceptors (Lipinski definition) is 5. The Labute approximate surface area is 170 Å². The van der Waals surface area contributed by atoms with E-state index in [1.54, 1.807) is 23.5 Å². The van der Waals surface area contributed by atoms with Gasteiger partial charge in [-0.25, -0.2) is 4.68 Å². The maximum atomic E-state index is 13.3. The van der Waals surface area contributed by atoms with Gasteiger partial charge in [-0.15, -0.1) is 0 Å². The van der Waals surface area contributed by atoms with Crippen LogP contribution in [0.25, 0.3) is 5.57 Å². The van der Waals surface area contributed by atoms with E-state index in [-0.39, 0.29) is 11.6 Å². The van der Waals surface area contributed by atoms with Crippen LogP contribution >= 0.6 is 12.2 Å². The molecule has 0 saturated carbocycles. The smallest absolute Gasteiger partial charge is 0.281 e. The van der Waals surface area contributed by atoms with E-state index in [2.05, 4.69) is 11.2 Å². The van der Waals surface area contributed by atoms with E-state index >= 15 is 0 Å². The van der Waals surface area contributed by atoms with Crippen molar-refractivity contribution in [3.05, 3.63) is 50.7 Å². The third-order valence-electron chi connectivity index (χ3n) is 4.96. The zero-order chi connectivity index (χ0) is 20.3. The molecule has 0 saturated heterocycles. The van der Waals surface area contributed by atoms with Gasteiger partial charge in [0.25, 0.3) is 5.56 Å². The first-order valence-corrected chi connectivity index (χ1v) is 10.0. The van der Waals surface area contributed by atoms with Crippen molar-refractivity contribution >= 4 is 17.8 Å². The van der Waals surface area contributed by atoms with E-state index < -0.39 is 0 Å². The lowest BCUT2D eigenvalue weighted by Crippen LogP contribution is -2.31. The molecular formula is C21H27N3O3S. The second kappa shape index (κ2) is 8.73.